The molecule has 0 aromatic heterocycles. The van der Waals surface area contributed by atoms with Crippen molar-refractivity contribution in [3.63, 3.8) is 0 Å². The standard InChI is InChI=1S/C12H18N2O3/c1-8(13)12(15)14-7-9-6-10(16-2)4-5-11(9)17-3/h4-6,8H,7,13H2,1-3H3,(H,14,15). The van der Waals surface area contributed by atoms with E-state index in [0.29, 0.717) is 12.3 Å². The van der Waals surface area contributed by atoms with Crippen LogP contribution in [-0.2, 0) is 11.3 Å². The van der Waals surface area contributed by atoms with Crippen LogP contribution in [0.5, 0.6) is 11.5 Å². The molecule has 0 spiro atoms. The van der Waals surface area contributed by atoms with Crippen molar-refractivity contribution in [1.29, 1.82) is 0 Å². The molecule has 1 unspecified atom stereocenters. The summed E-state index contributed by atoms with van der Waals surface area (Å²) in [6.07, 6.45) is 0. The summed E-state index contributed by atoms with van der Waals surface area (Å²) >= 11 is 0. The lowest BCUT2D eigenvalue weighted by Gasteiger charge is -2.12. The molecule has 1 aromatic carbocycles. The van der Waals surface area contributed by atoms with Gasteiger partial charge in [-0.3, -0.25) is 4.79 Å². The van der Waals surface area contributed by atoms with Crippen molar-refractivity contribution in [2.45, 2.75) is 19.5 Å². The van der Waals surface area contributed by atoms with Gasteiger partial charge in [0.05, 0.1) is 20.3 Å². The van der Waals surface area contributed by atoms with Gasteiger partial charge in [0.1, 0.15) is 11.5 Å². The van der Waals surface area contributed by atoms with Crippen LogP contribution in [0.3, 0.4) is 0 Å². The SMILES string of the molecule is COc1ccc(OC)c(CNC(=O)C(C)N)c1. The minimum atomic E-state index is -0.522. The monoisotopic (exact) mass is 238 g/mol. The summed E-state index contributed by atoms with van der Waals surface area (Å²) in [6, 6.07) is 4.90. The molecule has 3 N–H and O–H groups in total. The summed E-state index contributed by atoms with van der Waals surface area (Å²) in [4.78, 5) is 11.4. The van der Waals surface area contributed by atoms with Crippen molar-refractivity contribution in [2.75, 3.05) is 14.2 Å². The van der Waals surface area contributed by atoms with Crippen LogP contribution in [0.2, 0.25) is 0 Å². The fraction of sp³-hybridized carbons (Fsp3) is 0.417. The molecule has 0 aliphatic rings. The van der Waals surface area contributed by atoms with Crippen LogP contribution >= 0.6 is 0 Å². The Morgan fingerprint density at radius 1 is 1.41 bits per heavy atom. The molecule has 5 heteroatoms. The van der Waals surface area contributed by atoms with Gasteiger partial charge in [-0.2, -0.15) is 0 Å². The number of ether oxygens (including phenoxy) is 2. The van der Waals surface area contributed by atoms with E-state index in [1.54, 1.807) is 33.3 Å². The summed E-state index contributed by atoms with van der Waals surface area (Å²) in [5.41, 5.74) is 6.31. The molecule has 0 fully saturated rings. The molecule has 17 heavy (non-hydrogen) atoms. The van der Waals surface area contributed by atoms with Crippen molar-refractivity contribution in [2.24, 2.45) is 5.73 Å². The first kappa shape index (κ1) is 13.3. The third kappa shape index (κ3) is 3.64. The van der Waals surface area contributed by atoms with Crippen LogP contribution in [0.4, 0.5) is 0 Å². The highest BCUT2D eigenvalue weighted by Gasteiger charge is 2.09. The highest BCUT2D eigenvalue weighted by atomic mass is 16.5. The Labute approximate surface area is 101 Å². The van der Waals surface area contributed by atoms with E-state index >= 15 is 0 Å². The van der Waals surface area contributed by atoms with Crippen molar-refractivity contribution in [3.8, 4) is 11.5 Å². The van der Waals surface area contributed by atoms with E-state index in [4.69, 9.17) is 15.2 Å². The predicted molar refractivity (Wildman–Crippen MR) is 65.0 cm³/mol. The minimum Gasteiger partial charge on any atom is -0.497 e. The number of rotatable bonds is 5. The molecular weight excluding hydrogens is 220 g/mol. The summed E-state index contributed by atoms with van der Waals surface area (Å²) in [6.45, 7) is 2.00. The smallest absolute Gasteiger partial charge is 0.236 e. The molecule has 0 aliphatic carbocycles. The van der Waals surface area contributed by atoms with E-state index in [1.165, 1.54) is 0 Å². The molecule has 1 rings (SSSR count). The van der Waals surface area contributed by atoms with Gasteiger partial charge in [-0.15, -0.1) is 0 Å². The Morgan fingerprint density at radius 3 is 2.65 bits per heavy atom. The fourth-order valence-electron chi connectivity index (χ4n) is 1.36. The maximum Gasteiger partial charge on any atom is 0.236 e. The molecule has 94 valence electrons. The summed E-state index contributed by atoms with van der Waals surface area (Å²) < 4.78 is 10.3. The van der Waals surface area contributed by atoms with Crippen molar-refractivity contribution in [1.82, 2.24) is 5.32 Å². The number of hydrogen-bond acceptors (Lipinski definition) is 4. The van der Waals surface area contributed by atoms with Crippen molar-refractivity contribution < 1.29 is 14.3 Å². The maximum absolute atomic E-state index is 11.4. The van der Waals surface area contributed by atoms with E-state index in [-0.39, 0.29) is 5.91 Å². The summed E-state index contributed by atoms with van der Waals surface area (Å²) in [5.74, 6) is 1.22. The molecule has 1 aromatic rings. The molecule has 0 heterocycles. The highest BCUT2D eigenvalue weighted by molar-refractivity contribution is 5.81. The van der Waals surface area contributed by atoms with Gasteiger partial charge in [0.15, 0.2) is 0 Å². The highest BCUT2D eigenvalue weighted by Crippen LogP contribution is 2.23. The topological polar surface area (TPSA) is 73.6 Å². The van der Waals surface area contributed by atoms with E-state index in [1.807, 2.05) is 6.07 Å². The van der Waals surface area contributed by atoms with E-state index in [2.05, 4.69) is 5.32 Å². The Hall–Kier alpha value is -1.75. The average Bonchev–Trinajstić information content (AvgIpc) is 2.35. The van der Waals surface area contributed by atoms with Crippen LogP contribution in [0, 0.1) is 0 Å². The van der Waals surface area contributed by atoms with Crippen LogP contribution in [0.15, 0.2) is 18.2 Å². The molecule has 0 saturated carbocycles. The van der Waals surface area contributed by atoms with Crippen LogP contribution < -0.4 is 20.5 Å². The number of nitrogens with one attached hydrogen (secondary N) is 1. The van der Waals surface area contributed by atoms with Gasteiger partial charge < -0.3 is 20.5 Å². The third-order valence-corrected chi connectivity index (χ3v) is 2.35. The molecule has 0 aliphatic heterocycles. The van der Waals surface area contributed by atoms with Gasteiger partial charge in [-0.1, -0.05) is 0 Å². The minimum absolute atomic E-state index is 0.199. The van der Waals surface area contributed by atoms with Gasteiger partial charge in [-0.05, 0) is 25.1 Å². The molecular formula is C12H18N2O3. The quantitative estimate of drug-likeness (QED) is 0.790. The predicted octanol–water partition coefficient (Wildman–Crippen LogP) is 0.667. The second-order valence-corrected chi connectivity index (χ2v) is 3.68. The van der Waals surface area contributed by atoms with E-state index in [0.717, 1.165) is 11.3 Å². The third-order valence-electron chi connectivity index (χ3n) is 2.35. The van der Waals surface area contributed by atoms with Crippen molar-refractivity contribution >= 4 is 5.91 Å². The summed E-state index contributed by atoms with van der Waals surface area (Å²) in [7, 11) is 3.17. The van der Waals surface area contributed by atoms with Crippen molar-refractivity contribution in [3.05, 3.63) is 23.8 Å². The first-order valence-corrected chi connectivity index (χ1v) is 5.32. The number of nitrogens with two attached hydrogens (primary N) is 1. The average molecular weight is 238 g/mol. The molecule has 1 atom stereocenters. The van der Waals surface area contributed by atoms with Crippen LogP contribution in [0.25, 0.3) is 0 Å². The number of methoxy groups -OCH3 is 2. The van der Waals surface area contributed by atoms with Crippen LogP contribution in [-0.4, -0.2) is 26.2 Å². The Bertz CT molecular complexity index is 391. The number of carbonyl (C=O) groups is 1. The molecule has 0 radical (unpaired) electrons. The number of carbonyl (C=O) groups excluding carboxylic acids is 1. The van der Waals surface area contributed by atoms with Gasteiger partial charge in [-0.25, -0.2) is 0 Å². The Kier molecular flexibility index (Phi) is 4.78. The van der Waals surface area contributed by atoms with E-state index < -0.39 is 6.04 Å². The molecule has 0 bridgehead atoms. The van der Waals surface area contributed by atoms with E-state index in [9.17, 15) is 4.79 Å². The maximum atomic E-state index is 11.4. The van der Waals surface area contributed by atoms with Gasteiger partial charge in [0.2, 0.25) is 5.91 Å². The first-order chi connectivity index (χ1) is 8.08. The molecule has 5 nitrogen and oxygen atoms in total. The second kappa shape index (κ2) is 6.10. The van der Waals surface area contributed by atoms with Gasteiger partial charge in [0.25, 0.3) is 0 Å². The van der Waals surface area contributed by atoms with Crippen LogP contribution in [0.1, 0.15) is 12.5 Å². The first-order valence-electron chi connectivity index (χ1n) is 5.32. The largest absolute Gasteiger partial charge is 0.497 e. The fourth-order valence-corrected chi connectivity index (χ4v) is 1.36. The molecule has 1 amide bonds. The summed E-state index contributed by atoms with van der Waals surface area (Å²) in [5, 5.41) is 2.72. The lowest BCUT2D eigenvalue weighted by atomic mass is 10.2. The zero-order valence-electron chi connectivity index (χ0n) is 10.3. The normalized spacial score (nSPS) is 11.8. The molecule has 0 saturated heterocycles. The number of benzene rings is 1. The Morgan fingerprint density at radius 2 is 2.12 bits per heavy atom. The van der Waals surface area contributed by atoms with Gasteiger partial charge >= 0.3 is 0 Å². The number of hydrogen-bond donors (Lipinski definition) is 2. The lowest BCUT2D eigenvalue weighted by Crippen LogP contribution is -2.37. The van der Waals surface area contributed by atoms with Gasteiger partial charge in [0, 0.05) is 12.1 Å². The zero-order valence-corrected chi connectivity index (χ0v) is 10.3. The number of amides is 1. The Balaban J connectivity index is 2.77. The zero-order chi connectivity index (χ0) is 12.8. The second-order valence-electron chi connectivity index (χ2n) is 3.68. The lowest BCUT2D eigenvalue weighted by molar-refractivity contribution is -0.122.